The zero-order valence-corrected chi connectivity index (χ0v) is 9.30. The molecule has 0 aliphatic carbocycles. The highest BCUT2D eigenvalue weighted by atomic mass is 32.1. The fourth-order valence-electron chi connectivity index (χ4n) is 1.88. The van der Waals surface area contributed by atoms with E-state index in [4.69, 9.17) is 0 Å². The van der Waals surface area contributed by atoms with Crippen molar-refractivity contribution in [2.24, 2.45) is 0 Å². The lowest BCUT2D eigenvalue weighted by Gasteiger charge is -2.03. The van der Waals surface area contributed by atoms with E-state index in [-0.39, 0.29) is 5.82 Å². The molecule has 2 aromatic carbocycles. The van der Waals surface area contributed by atoms with E-state index in [2.05, 4.69) is 23.6 Å². The topological polar surface area (TPSA) is 0 Å². The molecular weight excluding hydrogens is 219 g/mol. The Morgan fingerprint density at radius 1 is 0.875 bits per heavy atom. The molecule has 0 bridgehead atoms. The lowest BCUT2D eigenvalue weighted by atomic mass is 10.0. The molecule has 0 radical (unpaired) electrons. The van der Waals surface area contributed by atoms with Crippen molar-refractivity contribution in [1.82, 2.24) is 0 Å². The fourth-order valence-corrected chi connectivity index (χ4v) is 2.69. The van der Waals surface area contributed by atoms with Gasteiger partial charge >= 0.3 is 0 Å². The molecule has 0 atom stereocenters. The zero-order chi connectivity index (χ0) is 11.0. The molecule has 0 nitrogen and oxygen atoms in total. The quantitative estimate of drug-likeness (QED) is 0.566. The third-order valence-electron chi connectivity index (χ3n) is 2.65. The Labute approximate surface area is 97.0 Å². The van der Waals surface area contributed by atoms with Gasteiger partial charge in [-0.05, 0) is 40.8 Å². The van der Waals surface area contributed by atoms with Crippen LogP contribution in [0.25, 0.3) is 21.2 Å². The molecule has 0 spiro atoms. The number of benzene rings is 2. The Morgan fingerprint density at radius 3 is 2.50 bits per heavy atom. The lowest BCUT2D eigenvalue weighted by molar-refractivity contribution is 0.628. The molecular formula is C14H9FS. The minimum Gasteiger partial charge on any atom is -0.207 e. The molecule has 1 heterocycles. The van der Waals surface area contributed by atoms with Crippen LogP contribution in [-0.2, 0) is 0 Å². The Balaban J connectivity index is 2.25. The minimum absolute atomic E-state index is 0.193. The lowest BCUT2D eigenvalue weighted by Crippen LogP contribution is -1.79. The summed E-state index contributed by atoms with van der Waals surface area (Å²) >= 11 is 1.73. The second-order valence-electron chi connectivity index (χ2n) is 3.64. The third-order valence-corrected chi connectivity index (χ3v) is 3.53. The van der Waals surface area contributed by atoms with Crippen molar-refractivity contribution in [2.75, 3.05) is 0 Å². The molecule has 0 fully saturated rings. The molecule has 0 aliphatic heterocycles. The van der Waals surface area contributed by atoms with Crippen LogP contribution in [0.15, 0.2) is 53.9 Å². The van der Waals surface area contributed by atoms with E-state index in [1.807, 2.05) is 18.2 Å². The van der Waals surface area contributed by atoms with E-state index < -0.39 is 0 Å². The molecule has 0 amide bonds. The van der Waals surface area contributed by atoms with Crippen LogP contribution < -0.4 is 0 Å². The van der Waals surface area contributed by atoms with E-state index in [0.29, 0.717) is 0 Å². The van der Waals surface area contributed by atoms with Gasteiger partial charge in [0.15, 0.2) is 0 Å². The van der Waals surface area contributed by atoms with Crippen LogP contribution in [0.2, 0.25) is 0 Å². The van der Waals surface area contributed by atoms with Crippen molar-refractivity contribution in [2.45, 2.75) is 0 Å². The summed E-state index contributed by atoms with van der Waals surface area (Å²) in [6.07, 6.45) is 0. The fraction of sp³-hybridized carbons (Fsp3) is 0. The molecule has 78 valence electrons. The van der Waals surface area contributed by atoms with Gasteiger partial charge in [-0.2, -0.15) is 0 Å². The van der Waals surface area contributed by atoms with Crippen molar-refractivity contribution in [1.29, 1.82) is 0 Å². The maximum Gasteiger partial charge on any atom is 0.123 e. The summed E-state index contributed by atoms with van der Waals surface area (Å²) in [5.74, 6) is -0.193. The van der Waals surface area contributed by atoms with E-state index >= 15 is 0 Å². The van der Waals surface area contributed by atoms with Crippen LogP contribution in [0.1, 0.15) is 0 Å². The maximum atomic E-state index is 12.9. The third kappa shape index (κ3) is 1.51. The summed E-state index contributed by atoms with van der Waals surface area (Å²) in [6, 6.07) is 15.0. The second-order valence-corrected chi connectivity index (χ2v) is 4.59. The van der Waals surface area contributed by atoms with Gasteiger partial charge in [0.2, 0.25) is 0 Å². The number of halogens is 1. The van der Waals surface area contributed by atoms with Gasteiger partial charge in [-0.25, -0.2) is 4.39 Å². The number of rotatable bonds is 1. The van der Waals surface area contributed by atoms with Gasteiger partial charge in [0, 0.05) is 10.1 Å². The molecule has 3 rings (SSSR count). The van der Waals surface area contributed by atoms with Crippen LogP contribution in [0, 0.1) is 5.82 Å². The molecule has 0 N–H and O–H groups in total. The van der Waals surface area contributed by atoms with Crippen LogP contribution in [0.4, 0.5) is 4.39 Å². The smallest absolute Gasteiger partial charge is 0.123 e. The van der Waals surface area contributed by atoms with E-state index in [1.165, 1.54) is 27.8 Å². The molecule has 16 heavy (non-hydrogen) atoms. The van der Waals surface area contributed by atoms with Crippen LogP contribution in [0.5, 0.6) is 0 Å². The Hall–Kier alpha value is -1.67. The summed E-state index contributed by atoms with van der Waals surface area (Å²) in [6.45, 7) is 0. The number of hydrogen-bond acceptors (Lipinski definition) is 1. The van der Waals surface area contributed by atoms with Gasteiger partial charge in [-0.15, -0.1) is 11.3 Å². The van der Waals surface area contributed by atoms with Crippen molar-refractivity contribution < 1.29 is 4.39 Å². The molecule has 2 heteroatoms. The molecule has 0 saturated heterocycles. The van der Waals surface area contributed by atoms with Crippen molar-refractivity contribution in [3.63, 3.8) is 0 Å². The van der Waals surface area contributed by atoms with E-state index in [9.17, 15) is 4.39 Å². The maximum absolute atomic E-state index is 12.9. The molecule has 1 aromatic heterocycles. The van der Waals surface area contributed by atoms with Crippen molar-refractivity contribution >= 4 is 21.4 Å². The highest BCUT2D eigenvalue weighted by Gasteiger charge is 2.04. The van der Waals surface area contributed by atoms with Gasteiger partial charge < -0.3 is 0 Å². The van der Waals surface area contributed by atoms with E-state index in [0.717, 1.165) is 5.56 Å². The van der Waals surface area contributed by atoms with Gasteiger partial charge in [-0.3, -0.25) is 0 Å². The summed E-state index contributed by atoms with van der Waals surface area (Å²) in [5, 5.41) is 3.32. The Morgan fingerprint density at radius 2 is 1.69 bits per heavy atom. The summed E-state index contributed by atoms with van der Waals surface area (Å²) in [4.78, 5) is 0. The van der Waals surface area contributed by atoms with Crippen molar-refractivity contribution in [3.8, 4) is 11.1 Å². The first-order valence-electron chi connectivity index (χ1n) is 5.07. The standard InChI is InChI=1S/C14H9FS/c15-11-6-4-10(5-7-11)12-2-1-3-14-13(12)8-9-16-14/h1-9H. The molecule has 0 saturated carbocycles. The SMILES string of the molecule is Fc1ccc(-c2cccc3sccc23)cc1. The van der Waals surface area contributed by atoms with Gasteiger partial charge in [-0.1, -0.05) is 24.3 Å². The molecule has 3 aromatic rings. The van der Waals surface area contributed by atoms with E-state index in [1.54, 1.807) is 11.3 Å². The first-order valence-corrected chi connectivity index (χ1v) is 5.95. The van der Waals surface area contributed by atoms with Gasteiger partial charge in [0.25, 0.3) is 0 Å². The molecule has 0 unspecified atom stereocenters. The molecule has 0 aliphatic rings. The highest BCUT2D eigenvalue weighted by molar-refractivity contribution is 7.17. The second kappa shape index (κ2) is 3.72. The number of hydrogen-bond donors (Lipinski definition) is 0. The summed E-state index contributed by atoms with van der Waals surface area (Å²) < 4.78 is 14.1. The minimum atomic E-state index is -0.193. The van der Waals surface area contributed by atoms with Gasteiger partial charge in [0.05, 0.1) is 0 Å². The average Bonchev–Trinajstić information content (AvgIpc) is 2.78. The Kier molecular flexibility index (Phi) is 2.22. The summed E-state index contributed by atoms with van der Waals surface area (Å²) in [7, 11) is 0. The van der Waals surface area contributed by atoms with Gasteiger partial charge in [0.1, 0.15) is 5.82 Å². The number of thiophene rings is 1. The van der Waals surface area contributed by atoms with Crippen LogP contribution in [-0.4, -0.2) is 0 Å². The monoisotopic (exact) mass is 228 g/mol. The first-order chi connectivity index (χ1) is 7.84. The highest BCUT2D eigenvalue weighted by Crippen LogP contribution is 2.31. The normalized spacial score (nSPS) is 10.8. The van der Waals surface area contributed by atoms with Crippen molar-refractivity contribution in [3.05, 3.63) is 59.7 Å². The predicted octanol–water partition coefficient (Wildman–Crippen LogP) is 4.71. The Bertz CT molecular complexity index is 623. The average molecular weight is 228 g/mol. The summed E-state index contributed by atoms with van der Waals surface area (Å²) in [5.41, 5.74) is 2.23. The zero-order valence-electron chi connectivity index (χ0n) is 8.48. The first kappa shape index (κ1) is 9.55. The predicted molar refractivity (Wildman–Crippen MR) is 67.2 cm³/mol. The van der Waals surface area contributed by atoms with Crippen LogP contribution in [0.3, 0.4) is 0 Å². The number of fused-ring (bicyclic) bond motifs is 1. The largest absolute Gasteiger partial charge is 0.207 e. The van der Waals surface area contributed by atoms with Crippen LogP contribution >= 0.6 is 11.3 Å².